The summed E-state index contributed by atoms with van der Waals surface area (Å²) in [6, 6.07) is 8.01. The molecule has 0 aliphatic rings. The van der Waals surface area contributed by atoms with E-state index in [2.05, 4.69) is 27.2 Å². The van der Waals surface area contributed by atoms with E-state index in [1.165, 1.54) is 5.56 Å². The van der Waals surface area contributed by atoms with E-state index in [9.17, 15) is 0 Å². The second kappa shape index (κ2) is 3.83. The Morgan fingerprint density at radius 3 is 3.07 bits per heavy atom. The Morgan fingerprint density at radius 2 is 2.36 bits per heavy atom. The van der Waals surface area contributed by atoms with Gasteiger partial charge in [0.25, 0.3) is 0 Å². The summed E-state index contributed by atoms with van der Waals surface area (Å²) in [4.78, 5) is 0. The van der Waals surface area contributed by atoms with Crippen LogP contribution in [-0.4, -0.2) is 20.6 Å². The van der Waals surface area contributed by atoms with Gasteiger partial charge in [-0.25, -0.2) is 0 Å². The molecular weight excluding hydrogens is 176 g/mol. The van der Waals surface area contributed by atoms with Gasteiger partial charge in [0.05, 0.1) is 0 Å². The lowest BCUT2D eigenvalue weighted by molar-refractivity contribution is 0.881. The third-order valence-corrected chi connectivity index (χ3v) is 1.91. The fourth-order valence-electron chi connectivity index (χ4n) is 1.29. The molecule has 0 aliphatic heterocycles. The van der Waals surface area contributed by atoms with Gasteiger partial charge in [-0.15, -0.1) is 16.8 Å². The van der Waals surface area contributed by atoms with Gasteiger partial charge in [0, 0.05) is 5.56 Å². The minimum absolute atomic E-state index is 0.621. The van der Waals surface area contributed by atoms with Crippen LogP contribution in [0.5, 0.6) is 0 Å². The van der Waals surface area contributed by atoms with E-state index < -0.39 is 0 Å². The van der Waals surface area contributed by atoms with Gasteiger partial charge in [0.1, 0.15) is 0 Å². The van der Waals surface area contributed by atoms with Crippen LogP contribution in [0.25, 0.3) is 11.4 Å². The van der Waals surface area contributed by atoms with Crippen molar-refractivity contribution < 1.29 is 0 Å². The highest BCUT2D eigenvalue weighted by Gasteiger charge is 2.02. The number of tetrazole rings is 1. The molecule has 0 bridgehead atoms. The van der Waals surface area contributed by atoms with Gasteiger partial charge in [0.15, 0.2) is 0 Å². The molecule has 0 aliphatic carbocycles. The normalized spacial score (nSPS) is 10.0. The van der Waals surface area contributed by atoms with Gasteiger partial charge in [-0.2, -0.15) is 5.21 Å². The Bertz CT molecular complexity index is 419. The molecule has 1 N–H and O–H groups in total. The molecule has 1 aromatic heterocycles. The molecule has 2 aromatic rings. The molecule has 0 amide bonds. The molecule has 1 aromatic carbocycles. The van der Waals surface area contributed by atoms with Crippen LogP contribution in [0.1, 0.15) is 5.56 Å². The zero-order valence-electron chi connectivity index (χ0n) is 7.64. The highest BCUT2D eigenvalue weighted by atomic mass is 15.5. The number of H-pyrrole nitrogens is 1. The standard InChI is InChI=1S/C10H10N4/c1-2-4-8-5-3-6-9(7-8)10-11-13-14-12-10/h2-3,5-7H,1,4H2,(H,11,12,13,14). The highest BCUT2D eigenvalue weighted by Crippen LogP contribution is 2.15. The van der Waals surface area contributed by atoms with Crippen molar-refractivity contribution in [2.45, 2.75) is 6.42 Å². The molecule has 0 unspecified atom stereocenters. The molecule has 0 saturated carbocycles. The van der Waals surface area contributed by atoms with E-state index in [1.54, 1.807) is 0 Å². The largest absolute Gasteiger partial charge is 0.204 e. The first-order valence-corrected chi connectivity index (χ1v) is 4.34. The van der Waals surface area contributed by atoms with Crippen molar-refractivity contribution in [3.63, 3.8) is 0 Å². The quantitative estimate of drug-likeness (QED) is 0.740. The molecular formula is C10H10N4. The maximum atomic E-state index is 3.91. The summed E-state index contributed by atoms with van der Waals surface area (Å²) in [5, 5.41) is 13.8. The van der Waals surface area contributed by atoms with Crippen LogP contribution in [0.2, 0.25) is 0 Å². The number of allylic oxidation sites excluding steroid dienone is 1. The zero-order valence-corrected chi connectivity index (χ0v) is 7.64. The van der Waals surface area contributed by atoms with Crippen molar-refractivity contribution in [2.24, 2.45) is 0 Å². The van der Waals surface area contributed by atoms with E-state index in [1.807, 2.05) is 30.3 Å². The second-order valence-corrected chi connectivity index (χ2v) is 2.93. The molecule has 0 atom stereocenters. The van der Waals surface area contributed by atoms with Crippen LogP contribution in [-0.2, 0) is 6.42 Å². The number of nitrogens with one attached hydrogen (secondary N) is 1. The first-order chi connectivity index (χ1) is 6.90. The van der Waals surface area contributed by atoms with E-state index in [4.69, 9.17) is 0 Å². The van der Waals surface area contributed by atoms with Gasteiger partial charge in [-0.3, -0.25) is 0 Å². The maximum absolute atomic E-state index is 3.91. The van der Waals surface area contributed by atoms with Crippen molar-refractivity contribution in [3.8, 4) is 11.4 Å². The van der Waals surface area contributed by atoms with Crippen molar-refractivity contribution >= 4 is 0 Å². The first kappa shape index (κ1) is 8.62. The van der Waals surface area contributed by atoms with Crippen molar-refractivity contribution in [3.05, 3.63) is 42.5 Å². The van der Waals surface area contributed by atoms with E-state index in [-0.39, 0.29) is 0 Å². The molecule has 14 heavy (non-hydrogen) atoms. The Morgan fingerprint density at radius 1 is 1.43 bits per heavy atom. The number of aromatic nitrogens is 4. The summed E-state index contributed by atoms with van der Waals surface area (Å²) in [5.74, 6) is 0.621. The minimum Gasteiger partial charge on any atom is -0.177 e. The maximum Gasteiger partial charge on any atom is 0.204 e. The molecule has 1 heterocycles. The van der Waals surface area contributed by atoms with Crippen LogP contribution in [0.15, 0.2) is 36.9 Å². The van der Waals surface area contributed by atoms with Crippen LogP contribution in [0.3, 0.4) is 0 Å². The van der Waals surface area contributed by atoms with Crippen molar-refractivity contribution in [2.75, 3.05) is 0 Å². The minimum atomic E-state index is 0.621. The lowest BCUT2D eigenvalue weighted by atomic mass is 10.1. The Hall–Kier alpha value is -1.97. The predicted octanol–water partition coefficient (Wildman–Crippen LogP) is 1.60. The number of rotatable bonds is 3. The number of aromatic amines is 1. The summed E-state index contributed by atoms with van der Waals surface area (Å²) in [6.45, 7) is 3.70. The lowest BCUT2D eigenvalue weighted by Crippen LogP contribution is -1.85. The van der Waals surface area contributed by atoms with Crippen molar-refractivity contribution in [1.82, 2.24) is 20.6 Å². The predicted molar refractivity (Wildman–Crippen MR) is 53.5 cm³/mol. The van der Waals surface area contributed by atoms with Crippen LogP contribution in [0.4, 0.5) is 0 Å². The highest BCUT2D eigenvalue weighted by molar-refractivity contribution is 5.54. The molecule has 4 heteroatoms. The number of nitrogens with zero attached hydrogens (tertiary/aromatic N) is 3. The third kappa shape index (κ3) is 1.69. The lowest BCUT2D eigenvalue weighted by Gasteiger charge is -1.98. The summed E-state index contributed by atoms with van der Waals surface area (Å²) in [7, 11) is 0. The monoisotopic (exact) mass is 186 g/mol. The SMILES string of the molecule is C=CCc1cccc(-c2nn[nH]n2)c1. The Labute approximate surface area is 81.7 Å². The Balaban J connectivity index is 2.35. The molecule has 2 rings (SSSR count). The zero-order chi connectivity index (χ0) is 9.80. The summed E-state index contributed by atoms with van der Waals surface area (Å²) < 4.78 is 0. The first-order valence-electron chi connectivity index (χ1n) is 4.34. The molecule has 0 saturated heterocycles. The van der Waals surface area contributed by atoms with E-state index in [0.29, 0.717) is 5.82 Å². The molecule has 70 valence electrons. The fraction of sp³-hybridized carbons (Fsp3) is 0.100. The van der Waals surface area contributed by atoms with Crippen molar-refractivity contribution in [1.29, 1.82) is 0 Å². The average Bonchev–Trinajstić information content (AvgIpc) is 2.71. The summed E-state index contributed by atoms with van der Waals surface area (Å²) >= 11 is 0. The summed E-state index contributed by atoms with van der Waals surface area (Å²) in [5.41, 5.74) is 2.17. The third-order valence-electron chi connectivity index (χ3n) is 1.91. The van der Waals surface area contributed by atoms with Gasteiger partial charge in [-0.1, -0.05) is 24.3 Å². The van der Waals surface area contributed by atoms with Gasteiger partial charge in [-0.05, 0) is 23.3 Å². The van der Waals surface area contributed by atoms with Gasteiger partial charge < -0.3 is 0 Å². The number of hydrogen-bond donors (Lipinski definition) is 1. The van der Waals surface area contributed by atoms with Gasteiger partial charge in [0.2, 0.25) is 5.82 Å². The summed E-state index contributed by atoms with van der Waals surface area (Å²) in [6.07, 6.45) is 2.72. The van der Waals surface area contributed by atoms with Crippen LogP contribution >= 0.6 is 0 Å². The molecule has 0 fully saturated rings. The smallest absolute Gasteiger partial charge is 0.177 e. The van der Waals surface area contributed by atoms with E-state index in [0.717, 1.165) is 12.0 Å². The van der Waals surface area contributed by atoms with Crippen LogP contribution in [0, 0.1) is 0 Å². The number of benzene rings is 1. The van der Waals surface area contributed by atoms with Crippen LogP contribution < -0.4 is 0 Å². The van der Waals surface area contributed by atoms with E-state index >= 15 is 0 Å². The molecule has 4 nitrogen and oxygen atoms in total. The molecule has 0 radical (unpaired) electrons. The molecule has 0 spiro atoms. The topological polar surface area (TPSA) is 54.5 Å². The number of hydrogen-bond acceptors (Lipinski definition) is 3. The van der Waals surface area contributed by atoms with Gasteiger partial charge >= 0.3 is 0 Å². The average molecular weight is 186 g/mol. The fourth-order valence-corrected chi connectivity index (χ4v) is 1.29. The second-order valence-electron chi connectivity index (χ2n) is 2.93. The Kier molecular flexibility index (Phi) is 2.36.